The SMILES string of the molecule is COc1cccc(CCN2C(=O)c3cccc(N4CCC[C@@H](C(=O)N5CCC[C@H](C)C5)C4)c3C2=O)c1. The van der Waals surface area contributed by atoms with Crippen LogP contribution < -0.4 is 9.64 Å². The third-order valence-corrected chi connectivity index (χ3v) is 7.82. The number of ether oxygens (including phenoxy) is 1. The Kier molecular flexibility index (Phi) is 6.99. The number of methoxy groups -OCH3 is 1. The zero-order chi connectivity index (χ0) is 25.2. The molecule has 2 atom stereocenters. The van der Waals surface area contributed by atoms with Gasteiger partial charge in [-0.1, -0.05) is 25.1 Å². The first-order valence-corrected chi connectivity index (χ1v) is 13.1. The monoisotopic (exact) mass is 489 g/mol. The van der Waals surface area contributed by atoms with Crippen molar-refractivity contribution in [1.29, 1.82) is 0 Å². The number of carbonyl (C=O) groups excluding carboxylic acids is 3. The van der Waals surface area contributed by atoms with Crippen LogP contribution in [0, 0.1) is 11.8 Å². The third-order valence-electron chi connectivity index (χ3n) is 7.82. The maximum atomic E-state index is 13.5. The van der Waals surface area contributed by atoms with Crippen LogP contribution in [0.4, 0.5) is 5.69 Å². The number of imide groups is 1. The molecule has 2 fully saturated rings. The molecule has 3 amide bonds. The largest absolute Gasteiger partial charge is 0.497 e. The molecule has 0 unspecified atom stereocenters. The van der Waals surface area contributed by atoms with E-state index in [-0.39, 0.29) is 23.6 Å². The first-order valence-electron chi connectivity index (χ1n) is 13.1. The van der Waals surface area contributed by atoms with Crippen LogP contribution in [-0.2, 0) is 11.2 Å². The van der Waals surface area contributed by atoms with E-state index in [0.717, 1.165) is 55.9 Å². The summed E-state index contributed by atoms with van der Waals surface area (Å²) in [5.41, 5.74) is 2.73. The first kappa shape index (κ1) is 24.3. The molecular formula is C29H35N3O4. The molecule has 190 valence electrons. The Balaban J connectivity index is 1.31. The predicted molar refractivity (Wildman–Crippen MR) is 138 cm³/mol. The summed E-state index contributed by atoms with van der Waals surface area (Å²) in [6, 6.07) is 13.2. The summed E-state index contributed by atoms with van der Waals surface area (Å²) < 4.78 is 5.29. The van der Waals surface area contributed by atoms with Gasteiger partial charge in [0, 0.05) is 32.7 Å². The van der Waals surface area contributed by atoms with Crippen molar-refractivity contribution >= 4 is 23.4 Å². The van der Waals surface area contributed by atoms with E-state index < -0.39 is 0 Å². The van der Waals surface area contributed by atoms with E-state index >= 15 is 0 Å². The van der Waals surface area contributed by atoms with Gasteiger partial charge in [0.2, 0.25) is 5.91 Å². The predicted octanol–water partition coefficient (Wildman–Crippen LogP) is 4.01. The van der Waals surface area contributed by atoms with Crippen LogP contribution in [0.1, 0.15) is 58.9 Å². The Morgan fingerprint density at radius 1 is 1.00 bits per heavy atom. The summed E-state index contributed by atoms with van der Waals surface area (Å²) in [4.78, 5) is 45.5. The van der Waals surface area contributed by atoms with Crippen LogP contribution >= 0.6 is 0 Å². The van der Waals surface area contributed by atoms with Gasteiger partial charge in [-0.15, -0.1) is 0 Å². The summed E-state index contributed by atoms with van der Waals surface area (Å²) in [6.07, 6.45) is 4.57. The molecule has 5 rings (SSSR count). The summed E-state index contributed by atoms with van der Waals surface area (Å²) in [7, 11) is 1.62. The Morgan fingerprint density at radius 2 is 1.81 bits per heavy atom. The molecule has 3 aliphatic heterocycles. The molecule has 2 saturated heterocycles. The molecule has 0 N–H and O–H groups in total. The first-order chi connectivity index (χ1) is 17.5. The van der Waals surface area contributed by atoms with Gasteiger partial charge in [-0.05, 0) is 67.9 Å². The smallest absolute Gasteiger partial charge is 0.263 e. The fraction of sp³-hybridized carbons (Fsp3) is 0.483. The highest BCUT2D eigenvalue weighted by Gasteiger charge is 2.39. The van der Waals surface area contributed by atoms with Crippen molar-refractivity contribution in [3.63, 3.8) is 0 Å². The Morgan fingerprint density at radius 3 is 2.61 bits per heavy atom. The Hall–Kier alpha value is -3.35. The maximum absolute atomic E-state index is 13.5. The molecule has 0 spiro atoms. The standard InChI is InChI=1S/C29H35N3O4/c1-20-7-5-15-31(18-20)27(33)22-9-6-14-30(19-22)25-12-4-11-24-26(25)29(35)32(28(24)34)16-13-21-8-3-10-23(17-21)36-2/h3-4,8,10-12,17,20,22H,5-7,9,13-16,18-19H2,1-2H3/t20-,22+/m0/s1. The normalized spacial score (nSPS) is 22.1. The zero-order valence-electron chi connectivity index (χ0n) is 21.2. The molecule has 3 heterocycles. The van der Waals surface area contributed by atoms with Gasteiger partial charge < -0.3 is 14.5 Å². The number of fused-ring (bicyclic) bond motifs is 1. The van der Waals surface area contributed by atoms with E-state index in [9.17, 15) is 14.4 Å². The molecule has 7 heteroatoms. The lowest BCUT2D eigenvalue weighted by molar-refractivity contribution is -0.137. The fourth-order valence-electron chi connectivity index (χ4n) is 5.90. The van der Waals surface area contributed by atoms with Gasteiger partial charge in [0.05, 0.1) is 29.8 Å². The van der Waals surface area contributed by atoms with Crippen molar-refractivity contribution in [3.8, 4) is 5.75 Å². The number of amides is 3. The van der Waals surface area contributed by atoms with E-state index in [1.807, 2.05) is 41.3 Å². The number of likely N-dealkylation sites (tertiary alicyclic amines) is 1. The van der Waals surface area contributed by atoms with Gasteiger partial charge in [-0.25, -0.2) is 0 Å². The van der Waals surface area contributed by atoms with E-state index in [1.54, 1.807) is 13.2 Å². The number of piperidine rings is 2. The van der Waals surface area contributed by atoms with Crippen molar-refractivity contribution in [1.82, 2.24) is 9.80 Å². The number of anilines is 1. The Labute approximate surface area is 213 Å². The lowest BCUT2D eigenvalue weighted by Crippen LogP contribution is -2.48. The summed E-state index contributed by atoms with van der Waals surface area (Å²) in [6.45, 7) is 5.57. The van der Waals surface area contributed by atoms with Gasteiger partial charge in [0.1, 0.15) is 5.75 Å². The molecule has 2 aromatic rings. The minimum Gasteiger partial charge on any atom is -0.497 e. The molecule has 0 aromatic heterocycles. The topological polar surface area (TPSA) is 70.2 Å². The molecule has 3 aliphatic rings. The van der Waals surface area contributed by atoms with E-state index in [4.69, 9.17) is 4.74 Å². The van der Waals surface area contributed by atoms with Crippen molar-refractivity contribution in [2.45, 2.75) is 39.0 Å². The fourth-order valence-corrected chi connectivity index (χ4v) is 5.90. The third kappa shape index (κ3) is 4.71. The number of nitrogens with zero attached hydrogens (tertiary/aromatic N) is 3. The van der Waals surface area contributed by atoms with Gasteiger partial charge >= 0.3 is 0 Å². The molecular weight excluding hydrogens is 454 g/mol. The van der Waals surface area contributed by atoms with Crippen molar-refractivity contribution in [2.24, 2.45) is 11.8 Å². The molecule has 36 heavy (non-hydrogen) atoms. The average Bonchev–Trinajstić information content (AvgIpc) is 3.16. The zero-order valence-corrected chi connectivity index (χ0v) is 21.2. The van der Waals surface area contributed by atoms with Gasteiger partial charge in [-0.2, -0.15) is 0 Å². The molecule has 0 radical (unpaired) electrons. The average molecular weight is 490 g/mol. The summed E-state index contributed by atoms with van der Waals surface area (Å²) in [5, 5.41) is 0. The molecule has 0 aliphatic carbocycles. The molecule has 0 saturated carbocycles. The highest BCUT2D eigenvalue weighted by molar-refractivity contribution is 6.23. The second-order valence-electron chi connectivity index (χ2n) is 10.4. The minimum atomic E-state index is -0.244. The van der Waals surface area contributed by atoms with E-state index in [2.05, 4.69) is 11.8 Å². The second kappa shape index (κ2) is 10.3. The van der Waals surface area contributed by atoms with Crippen molar-refractivity contribution in [2.75, 3.05) is 44.7 Å². The van der Waals surface area contributed by atoms with E-state index in [0.29, 0.717) is 36.6 Å². The highest BCUT2D eigenvalue weighted by Crippen LogP contribution is 2.35. The number of hydrogen-bond acceptors (Lipinski definition) is 5. The van der Waals surface area contributed by atoms with Crippen LogP contribution in [0.25, 0.3) is 0 Å². The lowest BCUT2D eigenvalue weighted by Gasteiger charge is -2.38. The van der Waals surface area contributed by atoms with Crippen molar-refractivity contribution < 1.29 is 19.1 Å². The minimum absolute atomic E-state index is 0.0729. The molecule has 0 bridgehead atoms. The molecule has 7 nitrogen and oxygen atoms in total. The van der Waals surface area contributed by atoms with Crippen LogP contribution in [-0.4, -0.2) is 67.4 Å². The van der Waals surface area contributed by atoms with Crippen LogP contribution in [0.5, 0.6) is 5.75 Å². The number of hydrogen-bond donors (Lipinski definition) is 0. The van der Waals surface area contributed by atoms with Gasteiger partial charge in [0.25, 0.3) is 11.8 Å². The van der Waals surface area contributed by atoms with Crippen LogP contribution in [0.2, 0.25) is 0 Å². The van der Waals surface area contributed by atoms with Crippen LogP contribution in [0.3, 0.4) is 0 Å². The lowest BCUT2D eigenvalue weighted by atomic mass is 9.93. The van der Waals surface area contributed by atoms with Gasteiger partial charge in [0.15, 0.2) is 0 Å². The second-order valence-corrected chi connectivity index (χ2v) is 10.4. The Bertz CT molecular complexity index is 1160. The highest BCUT2D eigenvalue weighted by atomic mass is 16.5. The maximum Gasteiger partial charge on any atom is 0.263 e. The van der Waals surface area contributed by atoms with Gasteiger partial charge in [-0.3, -0.25) is 19.3 Å². The van der Waals surface area contributed by atoms with E-state index in [1.165, 1.54) is 11.3 Å². The quantitative estimate of drug-likeness (QED) is 0.574. The number of benzene rings is 2. The van der Waals surface area contributed by atoms with Crippen molar-refractivity contribution in [3.05, 3.63) is 59.2 Å². The number of rotatable bonds is 6. The molecule has 2 aromatic carbocycles. The summed E-state index contributed by atoms with van der Waals surface area (Å²) in [5.74, 6) is 0.979. The van der Waals surface area contributed by atoms with Crippen LogP contribution in [0.15, 0.2) is 42.5 Å². The summed E-state index contributed by atoms with van der Waals surface area (Å²) >= 11 is 0. The number of carbonyl (C=O) groups is 3.